The van der Waals surface area contributed by atoms with Crippen molar-refractivity contribution in [1.82, 2.24) is 10.3 Å². The van der Waals surface area contributed by atoms with E-state index in [1.54, 1.807) is 0 Å². The summed E-state index contributed by atoms with van der Waals surface area (Å²) in [6.07, 6.45) is 1.76. The molecule has 0 fully saturated rings. The van der Waals surface area contributed by atoms with Crippen molar-refractivity contribution in [2.45, 2.75) is 6.54 Å². The number of hydrogen-bond donors (Lipinski definition) is 2. The van der Waals surface area contributed by atoms with Gasteiger partial charge in [-0.3, -0.25) is 0 Å². The molecule has 1 aromatic heterocycles. The summed E-state index contributed by atoms with van der Waals surface area (Å²) in [6.45, 7) is 0.113. The molecular weight excluding hydrogens is 136 g/mol. The van der Waals surface area contributed by atoms with Gasteiger partial charge in [0, 0.05) is 0 Å². The Kier molecular flexibility index (Phi) is 1.89. The van der Waals surface area contributed by atoms with Crippen molar-refractivity contribution in [3.63, 3.8) is 0 Å². The van der Waals surface area contributed by atoms with Gasteiger partial charge in [0.2, 0.25) is 5.89 Å². The first kappa shape index (κ1) is 6.60. The first-order chi connectivity index (χ1) is 4.79. The number of oxazole rings is 1. The molecule has 0 saturated carbocycles. The maximum Gasteiger partial charge on any atom is 0.405 e. The van der Waals surface area contributed by atoms with Crippen LogP contribution in [0.25, 0.3) is 0 Å². The van der Waals surface area contributed by atoms with E-state index in [1.165, 1.54) is 12.5 Å². The SMILES string of the molecule is O=C(O)NCc1ncco1. The molecule has 1 rings (SSSR count). The number of nitrogens with zero attached hydrogens (tertiary/aromatic N) is 1. The Morgan fingerprint density at radius 2 is 2.70 bits per heavy atom. The normalized spacial score (nSPS) is 9.20. The van der Waals surface area contributed by atoms with Crippen LogP contribution in [0.2, 0.25) is 0 Å². The lowest BCUT2D eigenvalue weighted by Crippen LogP contribution is -2.19. The molecule has 0 bridgehead atoms. The second-order valence-electron chi connectivity index (χ2n) is 1.58. The maximum atomic E-state index is 9.91. The number of carbonyl (C=O) groups is 1. The van der Waals surface area contributed by atoms with Crippen LogP contribution in [-0.2, 0) is 6.54 Å². The van der Waals surface area contributed by atoms with Gasteiger partial charge in [0.05, 0.1) is 12.7 Å². The second-order valence-corrected chi connectivity index (χ2v) is 1.58. The molecule has 10 heavy (non-hydrogen) atoms. The lowest BCUT2D eigenvalue weighted by atomic mass is 10.6. The van der Waals surface area contributed by atoms with E-state index in [1.807, 2.05) is 0 Å². The molecule has 2 N–H and O–H groups in total. The molecule has 0 spiro atoms. The fourth-order valence-corrected chi connectivity index (χ4v) is 0.491. The number of carboxylic acid groups (broad SMARTS) is 1. The van der Waals surface area contributed by atoms with Crippen LogP contribution in [0.1, 0.15) is 5.89 Å². The van der Waals surface area contributed by atoms with E-state index < -0.39 is 6.09 Å². The van der Waals surface area contributed by atoms with Crippen LogP contribution in [0.3, 0.4) is 0 Å². The lowest BCUT2D eigenvalue weighted by molar-refractivity contribution is 0.192. The fraction of sp³-hybridized carbons (Fsp3) is 0.200. The smallest absolute Gasteiger partial charge is 0.405 e. The molecule has 54 valence electrons. The van der Waals surface area contributed by atoms with E-state index in [9.17, 15) is 4.79 Å². The van der Waals surface area contributed by atoms with Crippen molar-refractivity contribution >= 4 is 6.09 Å². The molecule has 0 atom stereocenters. The van der Waals surface area contributed by atoms with E-state index in [4.69, 9.17) is 9.52 Å². The van der Waals surface area contributed by atoms with Crippen molar-refractivity contribution < 1.29 is 14.3 Å². The van der Waals surface area contributed by atoms with Crippen LogP contribution in [-0.4, -0.2) is 16.2 Å². The Balaban J connectivity index is 2.35. The van der Waals surface area contributed by atoms with Crippen LogP contribution in [0.15, 0.2) is 16.9 Å². The van der Waals surface area contributed by atoms with Gasteiger partial charge in [-0.2, -0.15) is 0 Å². The zero-order valence-electron chi connectivity index (χ0n) is 5.07. The highest BCUT2D eigenvalue weighted by Crippen LogP contribution is 1.91. The summed E-state index contributed by atoms with van der Waals surface area (Å²) >= 11 is 0. The molecular formula is C5H6N2O3. The van der Waals surface area contributed by atoms with Gasteiger partial charge in [-0.15, -0.1) is 0 Å². The first-order valence-corrected chi connectivity index (χ1v) is 2.64. The molecule has 0 saturated heterocycles. The highest BCUT2D eigenvalue weighted by molar-refractivity contribution is 5.64. The molecule has 0 aromatic carbocycles. The molecule has 1 amide bonds. The van der Waals surface area contributed by atoms with Crippen molar-refractivity contribution in [1.29, 1.82) is 0 Å². The van der Waals surface area contributed by atoms with E-state index in [0.29, 0.717) is 5.89 Å². The van der Waals surface area contributed by atoms with Gasteiger partial charge in [0.25, 0.3) is 0 Å². The Bertz CT molecular complexity index is 207. The van der Waals surface area contributed by atoms with Crippen molar-refractivity contribution in [2.24, 2.45) is 0 Å². The predicted octanol–water partition coefficient (Wildman–Crippen LogP) is 0.442. The van der Waals surface area contributed by atoms with E-state index in [0.717, 1.165) is 0 Å². The number of amides is 1. The molecule has 1 aromatic rings. The summed E-state index contributed by atoms with van der Waals surface area (Å²) in [5.41, 5.74) is 0. The second kappa shape index (κ2) is 2.86. The molecule has 1 heterocycles. The third-order valence-corrected chi connectivity index (χ3v) is 0.874. The Labute approximate surface area is 56.7 Å². The highest BCUT2D eigenvalue weighted by atomic mass is 16.4. The Hall–Kier alpha value is -1.52. The van der Waals surface area contributed by atoms with Gasteiger partial charge >= 0.3 is 6.09 Å². The minimum absolute atomic E-state index is 0.113. The summed E-state index contributed by atoms with van der Waals surface area (Å²) < 4.78 is 4.75. The van der Waals surface area contributed by atoms with Crippen LogP contribution in [0, 0.1) is 0 Å². The predicted molar refractivity (Wildman–Crippen MR) is 31.4 cm³/mol. The van der Waals surface area contributed by atoms with E-state index in [-0.39, 0.29) is 6.54 Å². The average molecular weight is 142 g/mol. The van der Waals surface area contributed by atoms with Crippen molar-refractivity contribution in [2.75, 3.05) is 0 Å². The monoisotopic (exact) mass is 142 g/mol. The van der Waals surface area contributed by atoms with Gasteiger partial charge in [-0.1, -0.05) is 0 Å². The van der Waals surface area contributed by atoms with Gasteiger partial charge < -0.3 is 14.8 Å². The van der Waals surface area contributed by atoms with Gasteiger partial charge in [0.15, 0.2) is 0 Å². The van der Waals surface area contributed by atoms with E-state index in [2.05, 4.69) is 10.3 Å². The van der Waals surface area contributed by atoms with Crippen LogP contribution >= 0.6 is 0 Å². The summed E-state index contributed by atoms with van der Waals surface area (Å²) in [6, 6.07) is 0. The molecule has 0 unspecified atom stereocenters. The molecule has 0 aliphatic rings. The fourth-order valence-electron chi connectivity index (χ4n) is 0.491. The summed E-state index contributed by atoms with van der Waals surface area (Å²) in [5, 5.41) is 10.2. The minimum atomic E-state index is -1.08. The van der Waals surface area contributed by atoms with Crippen LogP contribution in [0.5, 0.6) is 0 Å². The Morgan fingerprint density at radius 1 is 1.90 bits per heavy atom. The molecule has 0 aliphatic carbocycles. The minimum Gasteiger partial charge on any atom is -0.465 e. The summed E-state index contributed by atoms with van der Waals surface area (Å²) in [5.74, 6) is 0.363. The van der Waals surface area contributed by atoms with Crippen molar-refractivity contribution in [3.05, 3.63) is 18.4 Å². The Morgan fingerprint density at radius 3 is 3.20 bits per heavy atom. The standard InChI is InChI=1S/C5H6N2O3/c8-5(9)7-3-4-6-1-2-10-4/h1-2,7H,3H2,(H,8,9). The number of rotatable bonds is 2. The third-order valence-electron chi connectivity index (χ3n) is 0.874. The third kappa shape index (κ3) is 1.77. The quantitative estimate of drug-likeness (QED) is 0.628. The molecule has 5 nitrogen and oxygen atoms in total. The first-order valence-electron chi connectivity index (χ1n) is 2.64. The number of hydrogen-bond acceptors (Lipinski definition) is 3. The lowest BCUT2D eigenvalue weighted by Gasteiger charge is -1.92. The zero-order chi connectivity index (χ0) is 7.40. The number of aromatic nitrogens is 1. The van der Waals surface area contributed by atoms with Crippen LogP contribution in [0.4, 0.5) is 4.79 Å². The van der Waals surface area contributed by atoms with Crippen molar-refractivity contribution in [3.8, 4) is 0 Å². The summed E-state index contributed by atoms with van der Waals surface area (Å²) in [7, 11) is 0. The average Bonchev–Trinajstić information content (AvgIpc) is 2.34. The summed E-state index contributed by atoms with van der Waals surface area (Å²) in [4.78, 5) is 13.6. The molecule has 0 aliphatic heterocycles. The van der Waals surface area contributed by atoms with Gasteiger partial charge in [-0.25, -0.2) is 9.78 Å². The van der Waals surface area contributed by atoms with E-state index >= 15 is 0 Å². The highest BCUT2D eigenvalue weighted by Gasteiger charge is 1.98. The van der Waals surface area contributed by atoms with Gasteiger partial charge in [-0.05, 0) is 0 Å². The van der Waals surface area contributed by atoms with Gasteiger partial charge in [0.1, 0.15) is 6.26 Å². The molecule has 0 radical (unpaired) electrons. The molecule has 5 heteroatoms. The largest absolute Gasteiger partial charge is 0.465 e. The topological polar surface area (TPSA) is 75.4 Å². The van der Waals surface area contributed by atoms with Crippen LogP contribution < -0.4 is 5.32 Å². The zero-order valence-corrected chi connectivity index (χ0v) is 5.07. The number of nitrogens with one attached hydrogen (secondary N) is 1. The maximum absolute atomic E-state index is 9.91.